The van der Waals surface area contributed by atoms with Crippen LogP contribution < -0.4 is 5.32 Å². The molecule has 0 bridgehead atoms. The number of likely N-dealkylation sites (tertiary alicyclic amines) is 1. The number of nitrogens with zero attached hydrogens (tertiary/aromatic N) is 1. The van der Waals surface area contributed by atoms with E-state index in [4.69, 9.17) is 0 Å². The van der Waals surface area contributed by atoms with Crippen LogP contribution in [0.1, 0.15) is 46.0 Å². The lowest BCUT2D eigenvalue weighted by Crippen LogP contribution is -2.46. The molecule has 1 aliphatic carbocycles. The van der Waals surface area contributed by atoms with Crippen molar-refractivity contribution in [2.24, 2.45) is 5.92 Å². The van der Waals surface area contributed by atoms with Gasteiger partial charge in [-0.3, -0.25) is 0 Å². The zero-order valence-electron chi connectivity index (χ0n) is 10.5. The van der Waals surface area contributed by atoms with Crippen molar-refractivity contribution in [2.45, 2.75) is 64.1 Å². The van der Waals surface area contributed by atoms with Crippen molar-refractivity contribution >= 4 is 0 Å². The van der Waals surface area contributed by atoms with E-state index in [0.29, 0.717) is 0 Å². The molecule has 0 aromatic heterocycles. The van der Waals surface area contributed by atoms with Gasteiger partial charge >= 0.3 is 0 Å². The van der Waals surface area contributed by atoms with E-state index in [-0.39, 0.29) is 0 Å². The molecule has 2 rings (SSSR count). The van der Waals surface area contributed by atoms with Crippen LogP contribution in [0, 0.1) is 5.92 Å². The van der Waals surface area contributed by atoms with Gasteiger partial charge < -0.3 is 10.2 Å². The second kappa shape index (κ2) is 4.84. The Labute approximate surface area is 94.4 Å². The number of hydrogen-bond acceptors (Lipinski definition) is 2. The predicted octanol–water partition coefficient (Wildman–Crippen LogP) is 2.25. The third-order valence-corrected chi connectivity index (χ3v) is 4.24. The smallest absolute Gasteiger partial charge is 0.0102 e. The Hall–Kier alpha value is -0.0800. The molecule has 1 aliphatic heterocycles. The Balaban J connectivity index is 1.68. The Morgan fingerprint density at radius 3 is 2.80 bits per heavy atom. The number of rotatable bonds is 4. The van der Waals surface area contributed by atoms with E-state index in [1.165, 1.54) is 38.6 Å². The van der Waals surface area contributed by atoms with Crippen molar-refractivity contribution < 1.29 is 0 Å². The zero-order valence-corrected chi connectivity index (χ0v) is 10.5. The molecule has 1 heterocycles. The lowest BCUT2D eigenvalue weighted by atomic mass is 9.99. The molecule has 0 aromatic rings. The average Bonchev–Trinajstić information content (AvgIpc) is 2.91. The summed E-state index contributed by atoms with van der Waals surface area (Å²) < 4.78 is 0. The monoisotopic (exact) mass is 210 g/mol. The lowest BCUT2D eigenvalue weighted by molar-refractivity contribution is 0.167. The van der Waals surface area contributed by atoms with Crippen molar-refractivity contribution in [1.29, 1.82) is 0 Å². The van der Waals surface area contributed by atoms with Crippen LogP contribution in [0.4, 0.5) is 0 Å². The first-order valence-electron chi connectivity index (χ1n) is 6.67. The summed E-state index contributed by atoms with van der Waals surface area (Å²) in [5.41, 5.74) is 0. The van der Waals surface area contributed by atoms with E-state index < -0.39 is 0 Å². The minimum atomic E-state index is 0.764. The molecular formula is C13H26N2. The molecule has 0 amide bonds. The fourth-order valence-electron chi connectivity index (χ4n) is 2.89. The molecule has 4 unspecified atom stereocenters. The molecule has 0 aromatic carbocycles. The fourth-order valence-corrected chi connectivity index (χ4v) is 2.89. The first kappa shape index (κ1) is 11.4. The summed E-state index contributed by atoms with van der Waals surface area (Å²) in [4.78, 5) is 2.48. The normalized spacial score (nSPS) is 41.8. The van der Waals surface area contributed by atoms with E-state index in [9.17, 15) is 0 Å². The van der Waals surface area contributed by atoms with Gasteiger partial charge in [-0.2, -0.15) is 0 Å². The van der Waals surface area contributed by atoms with Gasteiger partial charge in [-0.1, -0.05) is 13.3 Å². The van der Waals surface area contributed by atoms with Crippen LogP contribution in [0.25, 0.3) is 0 Å². The van der Waals surface area contributed by atoms with E-state index in [1.807, 2.05) is 0 Å². The molecule has 1 N–H and O–H groups in total. The van der Waals surface area contributed by atoms with E-state index in [2.05, 4.69) is 31.1 Å². The van der Waals surface area contributed by atoms with Gasteiger partial charge in [0.05, 0.1) is 0 Å². The quantitative estimate of drug-likeness (QED) is 0.765. The largest absolute Gasteiger partial charge is 0.311 e. The SMILES string of the molecule is CCCC1CC1NC1CCN(C)C(C)C1. The Kier molecular flexibility index (Phi) is 3.68. The molecule has 2 heteroatoms. The van der Waals surface area contributed by atoms with Gasteiger partial charge in [-0.25, -0.2) is 0 Å². The van der Waals surface area contributed by atoms with Crippen molar-refractivity contribution in [3.05, 3.63) is 0 Å². The average molecular weight is 210 g/mol. The summed E-state index contributed by atoms with van der Waals surface area (Å²) >= 11 is 0. The Bertz CT molecular complexity index is 205. The van der Waals surface area contributed by atoms with Crippen molar-refractivity contribution in [1.82, 2.24) is 10.2 Å². The van der Waals surface area contributed by atoms with E-state index in [1.54, 1.807) is 0 Å². The first-order valence-corrected chi connectivity index (χ1v) is 6.67. The number of nitrogens with one attached hydrogen (secondary N) is 1. The highest BCUT2D eigenvalue weighted by Crippen LogP contribution is 2.35. The summed E-state index contributed by atoms with van der Waals surface area (Å²) in [5, 5.41) is 3.85. The highest BCUT2D eigenvalue weighted by Gasteiger charge is 2.38. The molecule has 4 atom stereocenters. The maximum Gasteiger partial charge on any atom is 0.0102 e. The van der Waals surface area contributed by atoms with Gasteiger partial charge in [0, 0.05) is 18.1 Å². The standard InChI is InChI=1S/C13H26N2/c1-4-5-11-9-13(11)14-12-6-7-15(3)10(2)8-12/h10-14H,4-9H2,1-3H3. The zero-order chi connectivity index (χ0) is 10.8. The third-order valence-electron chi connectivity index (χ3n) is 4.24. The van der Waals surface area contributed by atoms with E-state index in [0.717, 1.165) is 24.0 Å². The molecule has 88 valence electrons. The third kappa shape index (κ3) is 2.94. The molecule has 2 fully saturated rings. The molecular weight excluding hydrogens is 184 g/mol. The summed E-state index contributed by atoms with van der Waals surface area (Å²) in [6.07, 6.45) is 6.91. The summed E-state index contributed by atoms with van der Waals surface area (Å²) in [5.74, 6) is 1.00. The minimum Gasteiger partial charge on any atom is -0.311 e. The van der Waals surface area contributed by atoms with Crippen LogP contribution in [0.5, 0.6) is 0 Å². The Morgan fingerprint density at radius 1 is 1.33 bits per heavy atom. The van der Waals surface area contributed by atoms with Crippen LogP contribution in [-0.2, 0) is 0 Å². The Morgan fingerprint density at radius 2 is 2.13 bits per heavy atom. The topological polar surface area (TPSA) is 15.3 Å². The second-order valence-electron chi connectivity index (χ2n) is 5.61. The number of piperidine rings is 1. The summed E-state index contributed by atoms with van der Waals surface area (Å²) in [6, 6.07) is 2.42. The maximum atomic E-state index is 3.85. The fraction of sp³-hybridized carbons (Fsp3) is 1.00. The van der Waals surface area contributed by atoms with Gasteiger partial charge in [0.1, 0.15) is 0 Å². The van der Waals surface area contributed by atoms with Crippen molar-refractivity contribution in [3.8, 4) is 0 Å². The first-order chi connectivity index (χ1) is 7.20. The lowest BCUT2D eigenvalue weighted by Gasteiger charge is -2.35. The second-order valence-corrected chi connectivity index (χ2v) is 5.61. The molecule has 0 spiro atoms. The predicted molar refractivity (Wildman–Crippen MR) is 65.1 cm³/mol. The van der Waals surface area contributed by atoms with Gasteiger partial charge in [-0.05, 0) is 52.1 Å². The van der Waals surface area contributed by atoms with Crippen LogP contribution in [0.2, 0.25) is 0 Å². The van der Waals surface area contributed by atoms with Gasteiger partial charge in [0.15, 0.2) is 0 Å². The van der Waals surface area contributed by atoms with Crippen molar-refractivity contribution in [3.63, 3.8) is 0 Å². The molecule has 2 aliphatic rings. The van der Waals surface area contributed by atoms with Gasteiger partial charge in [0.2, 0.25) is 0 Å². The van der Waals surface area contributed by atoms with Crippen LogP contribution >= 0.6 is 0 Å². The van der Waals surface area contributed by atoms with Gasteiger partial charge in [0.25, 0.3) is 0 Å². The highest BCUT2D eigenvalue weighted by atomic mass is 15.2. The molecule has 1 saturated heterocycles. The summed E-state index contributed by atoms with van der Waals surface area (Å²) in [6.45, 7) is 5.92. The van der Waals surface area contributed by atoms with Crippen LogP contribution in [0.3, 0.4) is 0 Å². The molecule has 2 nitrogen and oxygen atoms in total. The van der Waals surface area contributed by atoms with Crippen LogP contribution in [0.15, 0.2) is 0 Å². The van der Waals surface area contributed by atoms with Gasteiger partial charge in [-0.15, -0.1) is 0 Å². The van der Waals surface area contributed by atoms with E-state index >= 15 is 0 Å². The van der Waals surface area contributed by atoms with Crippen LogP contribution in [-0.4, -0.2) is 36.6 Å². The molecule has 0 radical (unpaired) electrons. The molecule has 15 heavy (non-hydrogen) atoms. The highest BCUT2D eigenvalue weighted by molar-refractivity contribution is 4.96. The molecule has 1 saturated carbocycles. The summed E-state index contributed by atoms with van der Waals surface area (Å²) in [7, 11) is 2.25. The minimum absolute atomic E-state index is 0.764. The van der Waals surface area contributed by atoms with Crippen molar-refractivity contribution in [2.75, 3.05) is 13.6 Å². The number of hydrogen-bond donors (Lipinski definition) is 1. The maximum absolute atomic E-state index is 3.85.